The van der Waals surface area contributed by atoms with E-state index >= 15 is 0 Å². The summed E-state index contributed by atoms with van der Waals surface area (Å²) in [7, 11) is 0. The Bertz CT molecular complexity index is 364. The molecule has 0 aliphatic heterocycles. The molecule has 3 nitrogen and oxygen atoms in total. The number of benzene rings is 1. The predicted molar refractivity (Wildman–Crippen MR) is 78.8 cm³/mol. The maximum atomic E-state index is 11.6. The molecule has 1 aliphatic carbocycles. The molecule has 0 bridgehead atoms. The smallest absolute Gasteiger partial charge is 0.338 e. The largest absolute Gasteiger partial charge is 0.461 e. The van der Waals surface area contributed by atoms with Crippen LogP contribution in [0.5, 0.6) is 0 Å². The number of halogens is 1. The van der Waals surface area contributed by atoms with Crippen LogP contribution < -0.4 is 5.32 Å². The van der Waals surface area contributed by atoms with E-state index in [-0.39, 0.29) is 18.4 Å². The van der Waals surface area contributed by atoms with Crippen molar-refractivity contribution >= 4 is 18.4 Å². The lowest BCUT2D eigenvalue weighted by molar-refractivity contribution is 0.0504. The highest BCUT2D eigenvalue weighted by molar-refractivity contribution is 5.89. The van der Waals surface area contributed by atoms with Crippen LogP contribution in [-0.4, -0.2) is 25.2 Å². The topological polar surface area (TPSA) is 38.3 Å². The Morgan fingerprint density at radius 1 is 1.16 bits per heavy atom. The molecule has 2 rings (SSSR count). The van der Waals surface area contributed by atoms with Crippen molar-refractivity contribution in [1.82, 2.24) is 5.32 Å². The molecule has 4 heteroatoms. The highest BCUT2D eigenvalue weighted by Crippen LogP contribution is 2.16. The SMILES string of the molecule is Cl.O=C(OCCNC1CCCCC1)c1ccccc1. The molecule has 1 aromatic rings. The third-order valence-corrected chi connectivity index (χ3v) is 3.38. The molecule has 1 aliphatic rings. The lowest BCUT2D eigenvalue weighted by atomic mass is 9.96. The number of esters is 1. The van der Waals surface area contributed by atoms with Gasteiger partial charge in [-0.1, -0.05) is 37.5 Å². The van der Waals surface area contributed by atoms with Gasteiger partial charge in [-0.2, -0.15) is 0 Å². The maximum absolute atomic E-state index is 11.6. The molecule has 0 spiro atoms. The van der Waals surface area contributed by atoms with Crippen LogP contribution >= 0.6 is 12.4 Å². The second-order valence-electron chi connectivity index (χ2n) is 4.79. The molecular formula is C15H22ClNO2. The number of hydrogen-bond donors (Lipinski definition) is 1. The van der Waals surface area contributed by atoms with Crippen LogP contribution in [0.4, 0.5) is 0 Å². The summed E-state index contributed by atoms with van der Waals surface area (Å²) in [5.74, 6) is -0.235. The minimum Gasteiger partial charge on any atom is -0.461 e. The van der Waals surface area contributed by atoms with Crippen LogP contribution in [0.3, 0.4) is 0 Å². The standard InChI is InChI=1S/C15H21NO2.ClH/c17-15(13-7-3-1-4-8-13)18-12-11-16-14-9-5-2-6-10-14;/h1,3-4,7-8,14,16H,2,5-6,9-12H2;1H. The van der Waals surface area contributed by atoms with Crippen molar-refractivity contribution < 1.29 is 9.53 Å². The molecule has 0 atom stereocenters. The summed E-state index contributed by atoms with van der Waals surface area (Å²) in [5.41, 5.74) is 0.621. The van der Waals surface area contributed by atoms with E-state index in [1.807, 2.05) is 18.2 Å². The molecule has 0 saturated heterocycles. The van der Waals surface area contributed by atoms with Crippen LogP contribution in [-0.2, 0) is 4.74 Å². The molecule has 1 saturated carbocycles. The zero-order valence-corrected chi connectivity index (χ0v) is 12.0. The third-order valence-electron chi connectivity index (χ3n) is 3.38. The fourth-order valence-corrected chi connectivity index (χ4v) is 2.37. The normalized spacial score (nSPS) is 15.6. The van der Waals surface area contributed by atoms with Crippen molar-refractivity contribution in [2.45, 2.75) is 38.1 Å². The van der Waals surface area contributed by atoms with Gasteiger partial charge in [0, 0.05) is 12.6 Å². The lowest BCUT2D eigenvalue weighted by Gasteiger charge is -2.22. The molecule has 0 unspecified atom stereocenters. The predicted octanol–water partition coefficient (Wildman–Crippen LogP) is 3.19. The Hall–Kier alpha value is -1.06. The molecule has 106 valence electrons. The van der Waals surface area contributed by atoms with E-state index in [0.717, 1.165) is 6.54 Å². The summed E-state index contributed by atoms with van der Waals surface area (Å²) in [6.07, 6.45) is 6.52. The van der Waals surface area contributed by atoms with Crippen molar-refractivity contribution in [3.05, 3.63) is 35.9 Å². The van der Waals surface area contributed by atoms with Crippen molar-refractivity contribution in [2.75, 3.05) is 13.2 Å². The highest BCUT2D eigenvalue weighted by atomic mass is 35.5. The average Bonchev–Trinajstić information content (AvgIpc) is 2.45. The quantitative estimate of drug-likeness (QED) is 0.666. The van der Waals surface area contributed by atoms with Gasteiger partial charge < -0.3 is 10.1 Å². The van der Waals surface area contributed by atoms with Gasteiger partial charge in [0.2, 0.25) is 0 Å². The monoisotopic (exact) mass is 283 g/mol. The molecule has 0 radical (unpaired) electrons. The number of nitrogens with one attached hydrogen (secondary N) is 1. The molecule has 0 amide bonds. The van der Waals surface area contributed by atoms with Gasteiger partial charge in [-0.05, 0) is 25.0 Å². The van der Waals surface area contributed by atoms with Gasteiger partial charge in [0.1, 0.15) is 6.61 Å². The zero-order valence-electron chi connectivity index (χ0n) is 11.1. The number of rotatable bonds is 5. The first-order valence-electron chi connectivity index (χ1n) is 6.82. The molecule has 0 heterocycles. The first-order chi connectivity index (χ1) is 8.86. The van der Waals surface area contributed by atoms with Gasteiger partial charge >= 0.3 is 5.97 Å². The maximum Gasteiger partial charge on any atom is 0.338 e. The van der Waals surface area contributed by atoms with Crippen LogP contribution in [0.25, 0.3) is 0 Å². The minimum absolute atomic E-state index is 0. The summed E-state index contributed by atoms with van der Waals surface area (Å²) >= 11 is 0. The van der Waals surface area contributed by atoms with E-state index in [1.165, 1.54) is 32.1 Å². The van der Waals surface area contributed by atoms with Gasteiger partial charge in [-0.25, -0.2) is 4.79 Å². The van der Waals surface area contributed by atoms with E-state index in [9.17, 15) is 4.79 Å². The van der Waals surface area contributed by atoms with E-state index < -0.39 is 0 Å². The molecular weight excluding hydrogens is 262 g/mol. The van der Waals surface area contributed by atoms with E-state index in [4.69, 9.17) is 4.74 Å². The summed E-state index contributed by atoms with van der Waals surface area (Å²) in [6.45, 7) is 1.20. The van der Waals surface area contributed by atoms with Gasteiger partial charge in [0.25, 0.3) is 0 Å². The average molecular weight is 284 g/mol. The van der Waals surface area contributed by atoms with Crippen molar-refractivity contribution in [2.24, 2.45) is 0 Å². The number of ether oxygens (including phenoxy) is 1. The Kier molecular flexibility index (Phi) is 7.53. The van der Waals surface area contributed by atoms with E-state index in [1.54, 1.807) is 12.1 Å². The van der Waals surface area contributed by atoms with Crippen LogP contribution in [0, 0.1) is 0 Å². The van der Waals surface area contributed by atoms with Crippen molar-refractivity contribution in [3.8, 4) is 0 Å². The molecule has 1 N–H and O–H groups in total. The Morgan fingerprint density at radius 2 is 1.84 bits per heavy atom. The third kappa shape index (κ3) is 5.62. The van der Waals surface area contributed by atoms with Gasteiger partial charge in [0.15, 0.2) is 0 Å². The summed E-state index contributed by atoms with van der Waals surface area (Å²) in [4.78, 5) is 11.6. The Balaban J connectivity index is 0.00000180. The fourth-order valence-electron chi connectivity index (χ4n) is 2.37. The van der Waals surface area contributed by atoms with Crippen LogP contribution in [0.15, 0.2) is 30.3 Å². The van der Waals surface area contributed by atoms with Crippen molar-refractivity contribution in [3.63, 3.8) is 0 Å². The van der Waals surface area contributed by atoms with E-state index in [2.05, 4.69) is 5.32 Å². The van der Waals surface area contributed by atoms with Gasteiger partial charge in [-0.15, -0.1) is 12.4 Å². The van der Waals surface area contributed by atoms with Gasteiger partial charge in [-0.3, -0.25) is 0 Å². The molecule has 0 aromatic heterocycles. The van der Waals surface area contributed by atoms with E-state index in [0.29, 0.717) is 18.2 Å². The fraction of sp³-hybridized carbons (Fsp3) is 0.533. The molecule has 1 aromatic carbocycles. The zero-order chi connectivity index (χ0) is 12.6. The highest BCUT2D eigenvalue weighted by Gasteiger charge is 2.12. The van der Waals surface area contributed by atoms with Gasteiger partial charge in [0.05, 0.1) is 5.56 Å². The number of carbonyl (C=O) groups excluding carboxylic acids is 1. The summed E-state index contributed by atoms with van der Waals surface area (Å²) in [6, 6.07) is 9.75. The first-order valence-corrected chi connectivity index (χ1v) is 6.82. The lowest BCUT2D eigenvalue weighted by Crippen LogP contribution is -2.33. The first kappa shape index (κ1) is 16.0. The summed E-state index contributed by atoms with van der Waals surface area (Å²) in [5, 5.41) is 3.45. The Labute approximate surface area is 121 Å². The Morgan fingerprint density at radius 3 is 2.53 bits per heavy atom. The minimum atomic E-state index is -0.235. The summed E-state index contributed by atoms with van der Waals surface area (Å²) < 4.78 is 5.22. The number of carbonyl (C=O) groups is 1. The second-order valence-corrected chi connectivity index (χ2v) is 4.79. The van der Waals surface area contributed by atoms with Crippen LogP contribution in [0.1, 0.15) is 42.5 Å². The molecule has 1 fully saturated rings. The van der Waals surface area contributed by atoms with Crippen LogP contribution in [0.2, 0.25) is 0 Å². The molecule has 19 heavy (non-hydrogen) atoms. The number of hydrogen-bond acceptors (Lipinski definition) is 3. The van der Waals surface area contributed by atoms with Crippen molar-refractivity contribution in [1.29, 1.82) is 0 Å². The second kappa shape index (κ2) is 8.94.